The fourth-order valence-electron chi connectivity index (χ4n) is 4.11. The third-order valence-corrected chi connectivity index (χ3v) is 7.27. The molecule has 0 bridgehead atoms. The number of hydrogen-bond donors (Lipinski definition) is 5. The molecule has 0 aliphatic carbocycles. The molecule has 3 heterocycles. The Labute approximate surface area is 241 Å². The van der Waals surface area contributed by atoms with Crippen molar-refractivity contribution in [2.24, 2.45) is 0 Å². The summed E-state index contributed by atoms with van der Waals surface area (Å²) < 4.78 is 2.06. The number of nitrogens with one attached hydrogen (secondary N) is 1. The zero-order chi connectivity index (χ0) is 30.5. The number of hydrogen-bond acceptors (Lipinski definition) is 9. The number of nitrogens with zero attached hydrogens (tertiary/aromatic N) is 4. The number of carboxylic acids is 4. The molecule has 1 fully saturated rings. The molecular formula is C27H35N5O8S. The van der Waals surface area contributed by atoms with E-state index in [1.807, 2.05) is 17.4 Å². The Hall–Kier alpha value is -4.11. The summed E-state index contributed by atoms with van der Waals surface area (Å²) in [4.78, 5) is 42.9. The Bertz CT molecular complexity index is 1240. The summed E-state index contributed by atoms with van der Waals surface area (Å²) in [6, 6.07) is 15.3. The molecule has 5 N–H and O–H groups in total. The first kappa shape index (κ1) is 33.1. The number of aromatic nitrogens is 2. The van der Waals surface area contributed by atoms with Gasteiger partial charge in [-0.2, -0.15) is 5.10 Å². The van der Waals surface area contributed by atoms with Crippen molar-refractivity contribution in [1.82, 2.24) is 24.9 Å². The molecule has 1 aliphatic heterocycles. The zero-order valence-electron chi connectivity index (χ0n) is 23.1. The SMILES string of the molecule is Cc1nn(-c2ccccc2)c(C)c1CNCC(c1cccs1)N1CCN(C)CC1.O=C(O)C(=O)O.O=C(O)C(=O)O. The van der Waals surface area contributed by atoms with Gasteiger partial charge in [-0.3, -0.25) is 4.90 Å². The Morgan fingerprint density at radius 3 is 1.93 bits per heavy atom. The van der Waals surface area contributed by atoms with Crippen LogP contribution in [-0.4, -0.2) is 104 Å². The van der Waals surface area contributed by atoms with Gasteiger partial charge in [-0.05, 0) is 44.5 Å². The highest BCUT2D eigenvalue weighted by molar-refractivity contribution is 7.10. The van der Waals surface area contributed by atoms with Crippen molar-refractivity contribution in [3.05, 3.63) is 69.7 Å². The lowest BCUT2D eigenvalue weighted by atomic mass is 10.1. The van der Waals surface area contributed by atoms with Crippen LogP contribution in [0.25, 0.3) is 5.69 Å². The summed E-state index contributed by atoms with van der Waals surface area (Å²) >= 11 is 1.87. The summed E-state index contributed by atoms with van der Waals surface area (Å²) in [5, 5.41) is 40.3. The predicted molar refractivity (Wildman–Crippen MR) is 151 cm³/mol. The Kier molecular flexibility index (Phi) is 13.1. The lowest BCUT2D eigenvalue weighted by Crippen LogP contribution is -2.47. The molecular weight excluding hydrogens is 554 g/mol. The van der Waals surface area contributed by atoms with Crippen molar-refractivity contribution in [2.45, 2.75) is 26.4 Å². The van der Waals surface area contributed by atoms with Gasteiger partial charge in [0.1, 0.15) is 0 Å². The van der Waals surface area contributed by atoms with Crippen LogP contribution in [0.15, 0.2) is 47.8 Å². The number of rotatable bonds is 7. The smallest absolute Gasteiger partial charge is 0.414 e. The highest BCUT2D eigenvalue weighted by Crippen LogP contribution is 2.26. The van der Waals surface area contributed by atoms with Crippen LogP contribution in [0.4, 0.5) is 0 Å². The average Bonchev–Trinajstić information content (AvgIpc) is 3.57. The first-order valence-electron chi connectivity index (χ1n) is 12.6. The van der Waals surface area contributed by atoms with Crippen molar-refractivity contribution in [2.75, 3.05) is 39.8 Å². The van der Waals surface area contributed by atoms with Crippen LogP contribution < -0.4 is 5.32 Å². The van der Waals surface area contributed by atoms with Crippen LogP contribution in [0, 0.1) is 13.8 Å². The van der Waals surface area contributed by atoms with E-state index in [9.17, 15) is 0 Å². The van der Waals surface area contributed by atoms with Crippen LogP contribution in [0.5, 0.6) is 0 Å². The van der Waals surface area contributed by atoms with E-state index in [1.54, 1.807) is 0 Å². The van der Waals surface area contributed by atoms with Gasteiger partial charge in [0, 0.05) is 55.4 Å². The second-order valence-corrected chi connectivity index (χ2v) is 10.1. The number of likely N-dealkylation sites (N-methyl/N-ethyl adjacent to an activating group) is 1. The molecule has 1 unspecified atom stereocenters. The average molecular weight is 590 g/mol. The maximum atomic E-state index is 9.10. The van der Waals surface area contributed by atoms with E-state index in [1.165, 1.54) is 16.1 Å². The topological polar surface area (TPSA) is 186 Å². The lowest BCUT2D eigenvalue weighted by Gasteiger charge is -2.37. The van der Waals surface area contributed by atoms with Crippen molar-refractivity contribution >= 4 is 35.2 Å². The summed E-state index contributed by atoms with van der Waals surface area (Å²) in [5.41, 5.74) is 4.74. The van der Waals surface area contributed by atoms with Crippen molar-refractivity contribution in [1.29, 1.82) is 0 Å². The molecule has 1 aliphatic rings. The molecule has 3 aromatic rings. The van der Waals surface area contributed by atoms with Gasteiger partial charge in [-0.1, -0.05) is 24.3 Å². The molecule has 0 amide bonds. The molecule has 14 heteroatoms. The second-order valence-electron chi connectivity index (χ2n) is 9.12. The van der Waals surface area contributed by atoms with Gasteiger partial charge in [-0.25, -0.2) is 23.9 Å². The van der Waals surface area contributed by atoms with Crippen molar-refractivity contribution < 1.29 is 39.6 Å². The predicted octanol–water partition coefficient (Wildman–Crippen LogP) is 1.94. The van der Waals surface area contributed by atoms with Crippen LogP contribution >= 0.6 is 11.3 Å². The van der Waals surface area contributed by atoms with Crippen LogP contribution in [-0.2, 0) is 25.7 Å². The molecule has 1 saturated heterocycles. The highest BCUT2D eigenvalue weighted by Gasteiger charge is 2.24. The largest absolute Gasteiger partial charge is 0.473 e. The fraction of sp³-hybridized carbons (Fsp3) is 0.370. The number of para-hydroxylation sites is 1. The maximum Gasteiger partial charge on any atom is 0.414 e. The minimum atomic E-state index is -1.82. The highest BCUT2D eigenvalue weighted by atomic mass is 32.1. The van der Waals surface area contributed by atoms with E-state index in [0.717, 1.165) is 50.6 Å². The van der Waals surface area contributed by atoms with Gasteiger partial charge in [0.05, 0.1) is 17.4 Å². The van der Waals surface area contributed by atoms with Gasteiger partial charge in [0.25, 0.3) is 0 Å². The summed E-state index contributed by atoms with van der Waals surface area (Å²) in [6.07, 6.45) is 0. The minimum absolute atomic E-state index is 0.438. The minimum Gasteiger partial charge on any atom is -0.473 e. The van der Waals surface area contributed by atoms with E-state index in [4.69, 9.17) is 44.7 Å². The second kappa shape index (κ2) is 16.2. The summed E-state index contributed by atoms with van der Waals surface area (Å²) in [6.45, 7) is 10.6. The number of aliphatic carboxylic acids is 4. The molecule has 13 nitrogen and oxygen atoms in total. The number of piperazine rings is 1. The van der Waals surface area contributed by atoms with Crippen molar-refractivity contribution in [3.8, 4) is 5.69 Å². The van der Waals surface area contributed by atoms with E-state index >= 15 is 0 Å². The number of aryl methyl sites for hydroxylation is 1. The zero-order valence-corrected chi connectivity index (χ0v) is 23.9. The Morgan fingerprint density at radius 1 is 0.878 bits per heavy atom. The van der Waals surface area contributed by atoms with Gasteiger partial charge in [0.2, 0.25) is 0 Å². The molecule has 0 spiro atoms. The Morgan fingerprint density at radius 2 is 1.44 bits per heavy atom. The number of benzene rings is 1. The van der Waals surface area contributed by atoms with E-state index in [2.05, 4.69) is 82.5 Å². The summed E-state index contributed by atoms with van der Waals surface area (Å²) in [5.74, 6) is -7.30. The molecule has 41 heavy (non-hydrogen) atoms. The number of carboxylic acid groups (broad SMARTS) is 4. The van der Waals surface area contributed by atoms with E-state index in [0.29, 0.717) is 6.04 Å². The Balaban J connectivity index is 0.000000413. The molecule has 4 rings (SSSR count). The van der Waals surface area contributed by atoms with E-state index in [-0.39, 0.29) is 0 Å². The van der Waals surface area contributed by atoms with Gasteiger partial charge in [0.15, 0.2) is 0 Å². The first-order valence-corrected chi connectivity index (χ1v) is 13.5. The third kappa shape index (κ3) is 10.4. The normalized spacial score (nSPS) is 14.1. The molecule has 1 aromatic carbocycles. The maximum absolute atomic E-state index is 9.10. The van der Waals surface area contributed by atoms with Crippen LogP contribution in [0.3, 0.4) is 0 Å². The third-order valence-electron chi connectivity index (χ3n) is 6.30. The van der Waals surface area contributed by atoms with Crippen LogP contribution in [0.2, 0.25) is 0 Å². The summed E-state index contributed by atoms with van der Waals surface area (Å²) in [7, 11) is 2.21. The van der Waals surface area contributed by atoms with Gasteiger partial charge < -0.3 is 30.6 Å². The quantitative estimate of drug-likeness (QED) is 0.253. The number of carbonyl (C=O) groups is 4. The first-order chi connectivity index (χ1) is 19.4. The van der Waals surface area contributed by atoms with Gasteiger partial charge in [-0.15, -0.1) is 11.3 Å². The standard InChI is InChI=1S/C23H31N5S.2C2H2O4/c1-18-21(19(2)28(25-18)20-8-5-4-6-9-20)16-24-17-22(23-10-7-15-29-23)27-13-11-26(3)12-14-27;2*3-1(4)2(5)6/h4-10,15,22,24H,11-14,16-17H2,1-3H3;2*(H,3,4)(H,5,6). The van der Waals surface area contributed by atoms with Crippen molar-refractivity contribution in [3.63, 3.8) is 0 Å². The van der Waals surface area contributed by atoms with Gasteiger partial charge >= 0.3 is 23.9 Å². The molecule has 0 radical (unpaired) electrons. The molecule has 1 atom stereocenters. The van der Waals surface area contributed by atoms with Crippen LogP contribution in [0.1, 0.15) is 27.9 Å². The molecule has 0 saturated carbocycles. The molecule has 222 valence electrons. The van der Waals surface area contributed by atoms with E-state index < -0.39 is 23.9 Å². The fourth-order valence-corrected chi connectivity index (χ4v) is 4.97. The monoisotopic (exact) mass is 589 g/mol. The lowest BCUT2D eigenvalue weighted by molar-refractivity contribution is -0.159. The molecule has 2 aromatic heterocycles. The number of thiophene rings is 1.